The molecule has 3 aromatic rings. The molecule has 120 valence electrons. The molecule has 0 spiro atoms. The number of nitrogens with zero attached hydrogens (tertiary/aromatic N) is 1. The van der Waals surface area contributed by atoms with Gasteiger partial charge in [0.1, 0.15) is 5.75 Å². The van der Waals surface area contributed by atoms with Gasteiger partial charge in [0.25, 0.3) is 5.91 Å². The van der Waals surface area contributed by atoms with Crippen LogP contribution in [0.2, 0.25) is 0 Å². The monoisotopic (exact) mass is 382 g/mol. The molecule has 0 aliphatic carbocycles. The maximum atomic E-state index is 12.1. The van der Waals surface area contributed by atoms with E-state index in [2.05, 4.69) is 26.5 Å². The number of carbonyl (C=O) groups is 1. The molecule has 0 atom stereocenters. The van der Waals surface area contributed by atoms with Gasteiger partial charge < -0.3 is 4.74 Å². The van der Waals surface area contributed by atoms with Crippen LogP contribution in [0.25, 0.3) is 10.8 Å². The van der Waals surface area contributed by atoms with Crippen molar-refractivity contribution in [1.29, 1.82) is 0 Å². The zero-order valence-corrected chi connectivity index (χ0v) is 14.6. The van der Waals surface area contributed by atoms with E-state index in [0.29, 0.717) is 5.56 Å². The Morgan fingerprint density at radius 3 is 2.62 bits per heavy atom. The third-order valence-electron chi connectivity index (χ3n) is 3.59. The molecule has 3 aromatic carbocycles. The average molecular weight is 383 g/mol. The van der Waals surface area contributed by atoms with Crippen LogP contribution in [0.4, 0.5) is 0 Å². The van der Waals surface area contributed by atoms with Crippen LogP contribution in [0, 0.1) is 0 Å². The topological polar surface area (TPSA) is 50.7 Å². The number of ether oxygens (including phenoxy) is 1. The number of halogens is 1. The van der Waals surface area contributed by atoms with Crippen molar-refractivity contribution < 1.29 is 9.53 Å². The second kappa shape index (κ2) is 7.27. The highest BCUT2D eigenvalue weighted by molar-refractivity contribution is 9.10. The lowest BCUT2D eigenvalue weighted by atomic mass is 10.0. The maximum Gasteiger partial charge on any atom is 0.271 e. The molecule has 0 aliphatic rings. The molecule has 0 heterocycles. The summed E-state index contributed by atoms with van der Waals surface area (Å²) in [7, 11) is 1.65. The van der Waals surface area contributed by atoms with Gasteiger partial charge in [0.05, 0.1) is 13.3 Å². The third-order valence-corrected chi connectivity index (χ3v) is 4.09. The van der Waals surface area contributed by atoms with Crippen LogP contribution >= 0.6 is 15.9 Å². The molecular formula is C19H15BrN2O2. The Bertz CT molecular complexity index is 922. The largest absolute Gasteiger partial charge is 0.496 e. The molecule has 5 heteroatoms. The lowest BCUT2D eigenvalue weighted by Gasteiger charge is -2.07. The fourth-order valence-corrected chi connectivity index (χ4v) is 2.84. The minimum atomic E-state index is -0.259. The summed E-state index contributed by atoms with van der Waals surface area (Å²) in [5, 5.41) is 6.09. The highest BCUT2D eigenvalue weighted by atomic mass is 79.9. The molecule has 0 radical (unpaired) electrons. The van der Waals surface area contributed by atoms with Crippen LogP contribution in [0.15, 0.2) is 70.2 Å². The highest BCUT2D eigenvalue weighted by Crippen LogP contribution is 2.27. The van der Waals surface area contributed by atoms with Crippen molar-refractivity contribution >= 4 is 38.8 Å². The van der Waals surface area contributed by atoms with Crippen LogP contribution in [0.5, 0.6) is 5.75 Å². The van der Waals surface area contributed by atoms with Gasteiger partial charge in [-0.3, -0.25) is 4.79 Å². The molecule has 1 amide bonds. The maximum absolute atomic E-state index is 12.1. The van der Waals surface area contributed by atoms with Crippen LogP contribution < -0.4 is 10.2 Å². The standard InChI is InChI=1S/C19H15BrN2O2/c1-24-18-10-9-14(16-7-2-3-8-17(16)18)12-21-22-19(23)13-5-4-6-15(20)11-13/h2-12H,1H3,(H,22,23)/b21-12+. The Kier molecular flexibility index (Phi) is 4.91. The molecule has 24 heavy (non-hydrogen) atoms. The van der Waals surface area contributed by atoms with E-state index in [-0.39, 0.29) is 5.91 Å². The van der Waals surface area contributed by atoms with Gasteiger partial charge in [0.15, 0.2) is 0 Å². The number of hydrogen-bond acceptors (Lipinski definition) is 3. The van der Waals surface area contributed by atoms with Crippen molar-refractivity contribution in [3.63, 3.8) is 0 Å². The van der Waals surface area contributed by atoms with Gasteiger partial charge in [-0.25, -0.2) is 5.43 Å². The fourth-order valence-electron chi connectivity index (χ4n) is 2.44. The van der Waals surface area contributed by atoms with Gasteiger partial charge in [-0.1, -0.05) is 46.3 Å². The molecule has 0 aliphatic heterocycles. The number of hydrazone groups is 1. The van der Waals surface area contributed by atoms with Gasteiger partial charge >= 0.3 is 0 Å². The number of nitrogens with one attached hydrogen (secondary N) is 1. The molecule has 1 N–H and O–H groups in total. The summed E-state index contributed by atoms with van der Waals surface area (Å²) >= 11 is 3.35. The number of methoxy groups -OCH3 is 1. The minimum absolute atomic E-state index is 0.259. The Labute approximate surface area is 148 Å². The first-order chi connectivity index (χ1) is 11.7. The van der Waals surface area contributed by atoms with E-state index in [9.17, 15) is 4.79 Å². The number of carbonyl (C=O) groups excluding carboxylic acids is 1. The van der Waals surface area contributed by atoms with Crippen LogP contribution in [0.3, 0.4) is 0 Å². The molecule has 4 nitrogen and oxygen atoms in total. The zero-order chi connectivity index (χ0) is 16.9. The number of fused-ring (bicyclic) bond motifs is 1. The molecule has 3 rings (SSSR count). The smallest absolute Gasteiger partial charge is 0.271 e. The number of hydrogen-bond donors (Lipinski definition) is 1. The first-order valence-corrected chi connectivity index (χ1v) is 8.13. The van der Waals surface area contributed by atoms with Gasteiger partial charge in [0.2, 0.25) is 0 Å². The lowest BCUT2D eigenvalue weighted by molar-refractivity contribution is 0.0955. The Morgan fingerprint density at radius 2 is 1.88 bits per heavy atom. The molecular weight excluding hydrogens is 368 g/mol. The van der Waals surface area contributed by atoms with Gasteiger partial charge in [0, 0.05) is 21.0 Å². The first kappa shape index (κ1) is 16.2. The van der Waals surface area contributed by atoms with Crippen LogP contribution in [0.1, 0.15) is 15.9 Å². The van der Waals surface area contributed by atoms with E-state index >= 15 is 0 Å². The lowest BCUT2D eigenvalue weighted by Crippen LogP contribution is -2.17. The summed E-state index contributed by atoms with van der Waals surface area (Å²) in [6.07, 6.45) is 1.64. The molecule has 0 fully saturated rings. The Morgan fingerprint density at radius 1 is 1.08 bits per heavy atom. The summed E-state index contributed by atoms with van der Waals surface area (Å²) < 4.78 is 6.22. The minimum Gasteiger partial charge on any atom is -0.496 e. The average Bonchev–Trinajstić information content (AvgIpc) is 2.61. The van der Waals surface area contributed by atoms with Crippen molar-refractivity contribution in [3.05, 3.63) is 76.3 Å². The zero-order valence-electron chi connectivity index (χ0n) is 13.0. The number of rotatable bonds is 4. The van der Waals surface area contributed by atoms with Crippen LogP contribution in [-0.4, -0.2) is 19.2 Å². The van der Waals surface area contributed by atoms with Crippen LogP contribution in [-0.2, 0) is 0 Å². The van der Waals surface area contributed by atoms with Crippen molar-refractivity contribution in [2.45, 2.75) is 0 Å². The molecule has 0 saturated carbocycles. The van der Waals surface area contributed by atoms with E-state index in [1.54, 1.807) is 31.5 Å². The Hall–Kier alpha value is -2.66. The van der Waals surface area contributed by atoms with Gasteiger partial charge in [-0.05, 0) is 35.7 Å². The quantitative estimate of drug-likeness (QED) is 0.537. The second-order valence-corrected chi connectivity index (χ2v) is 6.03. The molecule has 0 aromatic heterocycles. The highest BCUT2D eigenvalue weighted by Gasteiger charge is 2.06. The summed E-state index contributed by atoms with van der Waals surface area (Å²) in [5.41, 5.74) is 3.99. The first-order valence-electron chi connectivity index (χ1n) is 7.34. The summed E-state index contributed by atoms with van der Waals surface area (Å²) in [4.78, 5) is 12.1. The van der Waals surface area contributed by atoms with E-state index in [1.165, 1.54) is 0 Å². The summed E-state index contributed by atoms with van der Waals surface area (Å²) in [5.74, 6) is 0.547. The predicted molar refractivity (Wildman–Crippen MR) is 99.7 cm³/mol. The molecule has 0 unspecified atom stereocenters. The predicted octanol–water partition coefficient (Wildman–Crippen LogP) is 4.37. The van der Waals surface area contributed by atoms with E-state index in [4.69, 9.17) is 4.74 Å². The Balaban J connectivity index is 1.82. The van der Waals surface area contributed by atoms with Gasteiger partial charge in [-0.2, -0.15) is 5.10 Å². The molecule has 0 bridgehead atoms. The SMILES string of the molecule is COc1ccc(/C=N/NC(=O)c2cccc(Br)c2)c2ccccc12. The summed E-state index contributed by atoms with van der Waals surface area (Å²) in [6.45, 7) is 0. The number of benzene rings is 3. The van der Waals surface area contributed by atoms with Crippen molar-refractivity contribution in [2.75, 3.05) is 7.11 Å². The van der Waals surface area contributed by atoms with Crippen molar-refractivity contribution in [1.82, 2.24) is 5.43 Å². The van der Waals surface area contributed by atoms with E-state index < -0.39 is 0 Å². The normalized spacial score (nSPS) is 10.9. The van der Waals surface area contributed by atoms with E-state index in [1.807, 2.05) is 42.5 Å². The second-order valence-electron chi connectivity index (χ2n) is 5.11. The van der Waals surface area contributed by atoms with Crippen molar-refractivity contribution in [3.8, 4) is 5.75 Å². The summed E-state index contributed by atoms with van der Waals surface area (Å²) in [6, 6.07) is 18.9. The van der Waals surface area contributed by atoms with E-state index in [0.717, 1.165) is 26.6 Å². The fraction of sp³-hybridized carbons (Fsp3) is 0.0526. The number of amides is 1. The van der Waals surface area contributed by atoms with Crippen molar-refractivity contribution in [2.24, 2.45) is 5.10 Å². The van der Waals surface area contributed by atoms with Gasteiger partial charge in [-0.15, -0.1) is 0 Å². The third kappa shape index (κ3) is 3.46. The molecule has 0 saturated heterocycles.